The van der Waals surface area contributed by atoms with Crippen LogP contribution in [0.2, 0.25) is 0 Å². The van der Waals surface area contributed by atoms with E-state index >= 15 is 0 Å². The van der Waals surface area contributed by atoms with Crippen LogP contribution in [0.3, 0.4) is 0 Å². The molecule has 31 heavy (non-hydrogen) atoms. The number of fused-ring (bicyclic) bond motifs is 1. The zero-order chi connectivity index (χ0) is 22.1. The van der Waals surface area contributed by atoms with Crippen molar-refractivity contribution in [2.75, 3.05) is 42.7 Å². The smallest absolute Gasteiger partial charge is 0.321 e. The predicted octanol–water partition coefficient (Wildman–Crippen LogP) is 2.40. The summed E-state index contributed by atoms with van der Waals surface area (Å²) >= 11 is 0. The van der Waals surface area contributed by atoms with Gasteiger partial charge in [-0.1, -0.05) is 6.92 Å². The fourth-order valence-electron chi connectivity index (χ4n) is 4.07. The number of methoxy groups -OCH3 is 1. The van der Waals surface area contributed by atoms with Crippen LogP contribution in [-0.4, -0.2) is 63.5 Å². The Hall–Kier alpha value is -3.56. The number of hydrogen-bond donors (Lipinski definition) is 2. The third-order valence-corrected chi connectivity index (χ3v) is 5.75. The molecule has 0 unspecified atom stereocenters. The number of nitrogens with one attached hydrogen (secondary N) is 1. The quantitative estimate of drug-likeness (QED) is 0.661. The first kappa shape index (κ1) is 20.7. The first-order valence-electron chi connectivity index (χ1n) is 10.3. The molecule has 10 heteroatoms. The summed E-state index contributed by atoms with van der Waals surface area (Å²) in [7, 11) is 3.47. The van der Waals surface area contributed by atoms with Gasteiger partial charge in [-0.3, -0.25) is 4.68 Å². The number of benzene rings is 1. The fourth-order valence-corrected chi connectivity index (χ4v) is 4.07. The molecule has 1 fully saturated rings. The van der Waals surface area contributed by atoms with E-state index in [9.17, 15) is 4.79 Å². The summed E-state index contributed by atoms with van der Waals surface area (Å²) in [6.45, 7) is 5.87. The van der Waals surface area contributed by atoms with E-state index in [1.807, 2.05) is 37.1 Å². The van der Waals surface area contributed by atoms with Crippen molar-refractivity contribution in [3.05, 3.63) is 30.0 Å². The monoisotopic (exact) mass is 424 g/mol. The molecule has 0 radical (unpaired) electrons. The fraction of sp³-hybridized carbons (Fsp3) is 0.429. The number of aryl methyl sites for hydroxylation is 2. The second kappa shape index (κ2) is 8.29. The van der Waals surface area contributed by atoms with Crippen molar-refractivity contribution in [1.29, 1.82) is 0 Å². The van der Waals surface area contributed by atoms with E-state index in [0.29, 0.717) is 25.3 Å². The molecule has 1 aliphatic heterocycles. The van der Waals surface area contributed by atoms with Crippen LogP contribution < -0.4 is 20.7 Å². The zero-order valence-electron chi connectivity index (χ0n) is 18.3. The van der Waals surface area contributed by atoms with E-state index in [-0.39, 0.29) is 18.0 Å². The molecule has 164 valence electrons. The second-order valence-electron chi connectivity index (χ2n) is 7.73. The van der Waals surface area contributed by atoms with E-state index < -0.39 is 0 Å². The normalized spacial score (nSPS) is 16.6. The van der Waals surface area contributed by atoms with Crippen molar-refractivity contribution >= 4 is 34.5 Å². The standard InChI is InChI=1S/C21H28N8O2/c1-5-15-12-28(21(30)24-14-6-7-17(31-4)13(2)10-14)8-9-29(15)19-16-11-23-27(3)18(16)25-20(22)26-19/h6-7,10-11,15H,5,8-9,12H2,1-4H3,(H,24,30)(H2,22,25,26)/t15-/m0/s1. The zero-order valence-corrected chi connectivity index (χ0v) is 18.3. The maximum Gasteiger partial charge on any atom is 0.321 e. The van der Waals surface area contributed by atoms with Gasteiger partial charge >= 0.3 is 6.03 Å². The number of piperazine rings is 1. The molecule has 2 aromatic heterocycles. The number of nitrogen functional groups attached to an aromatic ring is 1. The molecule has 3 N–H and O–H groups in total. The number of nitrogens with two attached hydrogens (primary N) is 1. The van der Waals surface area contributed by atoms with Crippen molar-refractivity contribution in [3.63, 3.8) is 0 Å². The van der Waals surface area contributed by atoms with Gasteiger partial charge in [0, 0.05) is 38.4 Å². The largest absolute Gasteiger partial charge is 0.496 e. The third kappa shape index (κ3) is 3.92. The number of rotatable bonds is 4. The van der Waals surface area contributed by atoms with Gasteiger partial charge in [0.25, 0.3) is 0 Å². The summed E-state index contributed by atoms with van der Waals surface area (Å²) < 4.78 is 6.98. The van der Waals surface area contributed by atoms with Gasteiger partial charge < -0.3 is 25.6 Å². The van der Waals surface area contributed by atoms with Crippen LogP contribution in [0.1, 0.15) is 18.9 Å². The Morgan fingerprint density at radius 1 is 1.32 bits per heavy atom. The first-order chi connectivity index (χ1) is 14.9. The molecule has 1 aromatic carbocycles. The lowest BCUT2D eigenvalue weighted by Gasteiger charge is -2.42. The number of anilines is 3. The van der Waals surface area contributed by atoms with Crippen LogP contribution in [0.5, 0.6) is 5.75 Å². The van der Waals surface area contributed by atoms with Crippen LogP contribution in [0, 0.1) is 6.92 Å². The molecule has 0 spiro atoms. The number of aromatic nitrogens is 4. The maximum atomic E-state index is 12.9. The molecule has 3 heterocycles. The van der Waals surface area contributed by atoms with Gasteiger partial charge in [0.2, 0.25) is 5.95 Å². The van der Waals surface area contributed by atoms with E-state index in [4.69, 9.17) is 10.5 Å². The second-order valence-corrected chi connectivity index (χ2v) is 7.73. The molecular formula is C21H28N8O2. The molecule has 2 amide bonds. The lowest BCUT2D eigenvalue weighted by atomic mass is 10.1. The van der Waals surface area contributed by atoms with Crippen molar-refractivity contribution < 1.29 is 9.53 Å². The highest BCUT2D eigenvalue weighted by Crippen LogP contribution is 2.29. The van der Waals surface area contributed by atoms with Crippen molar-refractivity contribution in [3.8, 4) is 5.75 Å². The summed E-state index contributed by atoms with van der Waals surface area (Å²) in [4.78, 5) is 25.8. The summed E-state index contributed by atoms with van der Waals surface area (Å²) in [5.41, 5.74) is 8.39. The van der Waals surface area contributed by atoms with Crippen molar-refractivity contribution in [1.82, 2.24) is 24.6 Å². The Morgan fingerprint density at radius 3 is 2.84 bits per heavy atom. The van der Waals surface area contributed by atoms with Crippen LogP contribution in [0.15, 0.2) is 24.4 Å². The number of carbonyl (C=O) groups excluding carboxylic acids is 1. The average Bonchev–Trinajstić information content (AvgIpc) is 3.13. The Bertz CT molecular complexity index is 1110. The molecule has 1 saturated heterocycles. The van der Waals surface area contributed by atoms with Gasteiger partial charge in [-0.25, -0.2) is 4.79 Å². The van der Waals surface area contributed by atoms with Gasteiger partial charge in [0.15, 0.2) is 5.65 Å². The number of nitrogens with zero attached hydrogens (tertiary/aromatic N) is 6. The lowest BCUT2D eigenvalue weighted by Crippen LogP contribution is -2.56. The van der Waals surface area contributed by atoms with E-state index in [1.54, 1.807) is 18.0 Å². The number of urea groups is 1. The van der Waals surface area contributed by atoms with Crippen LogP contribution in [-0.2, 0) is 7.05 Å². The highest BCUT2D eigenvalue weighted by atomic mass is 16.5. The van der Waals surface area contributed by atoms with Gasteiger partial charge in [0.1, 0.15) is 11.6 Å². The maximum absolute atomic E-state index is 12.9. The van der Waals surface area contributed by atoms with Gasteiger partial charge in [-0.15, -0.1) is 0 Å². The SMILES string of the molecule is CC[C@H]1CN(C(=O)Nc2ccc(OC)c(C)c2)CCN1c1nc(N)nc2c1cnn2C. The molecular weight excluding hydrogens is 396 g/mol. The number of amides is 2. The van der Waals surface area contributed by atoms with Crippen LogP contribution in [0.25, 0.3) is 11.0 Å². The summed E-state index contributed by atoms with van der Waals surface area (Å²) in [6.07, 6.45) is 2.62. The highest BCUT2D eigenvalue weighted by Gasteiger charge is 2.31. The highest BCUT2D eigenvalue weighted by molar-refractivity contribution is 5.90. The molecule has 1 atom stereocenters. The van der Waals surface area contributed by atoms with E-state index in [0.717, 1.165) is 34.6 Å². The Kier molecular flexibility index (Phi) is 5.53. The molecule has 1 aliphatic rings. The molecule has 3 aromatic rings. The van der Waals surface area contributed by atoms with E-state index in [2.05, 4.69) is 32.2 Å². The topological polar surface area (TPSA) is 114 Å². The third-order valence-electron chi connectivity index (χ3n) is 5.75. The van der Waals surface area contributed by atoms with Gasteiger partial charge in [0.05, 0.1) is 18.7 Å². The van der Waals surface area contributed by atoms with Crippen LogP contribution in [0.4, 0.5) is 22.2 Å². The minimum atomic E-state index is -0.114. The molecule has 10 nitrogen and oxygen atoms in total. The number of carbonyl (C=O) groups is 1. The van der Waals surface area contributed by atoms with Crippen molar-refractivity contribution in [2.45, 2.75) is 26.3 Å². The number of hydrogen-bond acceptors (Lipinski definition) is 7. The Balaban J connectivity index is 1.51. The Morgan fingerprint density at radius 2 is 2.13 bits per heavy atom. The predicted molar refractivity (Wildman–Crippen MR) is 120 cm³/mol. The molecule has 4 rings (SSSR count). The van der Waals surface area contributed by atoms with Gasteiger partial charge in [-0.05, 0) is 37.1 Å². The lowest BCUT2D eigenvalue weighted by molar-refractivity contribution is 0.197. The average molecular weight is 425 g/mol. The Labute approximate surface area is 181 Å². The summed E-state index contributed by atoms with van der Waals surface area (Å²) in [5, 5.41) is 8.16. The number of ether oxygens (including phenoxy) is 1. The van der Waals surface area contributed by atoms with E-state index in [1.165, 1.54) is 0 Å². The summed E-state index contributed by atoms with van der Waals surface area (Å²) in [6, 6.07) is 5.61. The van der Waals surface area contributed by atoms with Crippen LogP contribution >= 0.6 is 0 Å². The molecule has 0 saturated carbocycles. The van der Waals surface area contributed by atoms with Crippen molar-refractivity contribution in [2.24, 2.45) is 7.05 Å². The van der Waals surface area contributed by atoms with Gasteiger partial charge in [-0.2, -0.15) is 15.1 Å². The minimum Gasteiger partial charge on any atom is -0.496 e. The summed E-state index contributed by atoms with van der Waals surface area (Å²) in [5.74, 6) is 1.78. The molecule has 0 bridgehead atoms. The minimum absolute atomic E-state index is 0.106. The first-order valence-corrected chi connectivity index (χ1v) is 10.3. The molecule has 0 aliphatic carbocycles.